The number of benzene rings is 2. The van der Waals surface area contributed by atoms with E-state index in [1.165, 1.54) is 13.2 Å². The van der Waals surface area contributed by atoms with E-state index in [2.05, 4.69) is 5.32 Å². The summed E-state index contributed by atoms with van der Waals surface area (Å²) in [5.74, 6) is 0.463. The van der Waals surface area contributed by atoms with Crippen molar-refractivity contribution in [3.05, 3.63) is 59.7 Å². The molecule has 1 N–H and O–H groups in total. The van der Waals surface area contributed by atoms with Crippen molar-refractivity contribution in [1.82, 2.24) is 0 Å². The molecular weight excluding hydrogens is 358 g/mol. The third-order valence-electron chi connectivity index (χ3n) is 4.04. The number of nitrogens with one attached hydrogen (secondary N) is 1. The Morgan fingerprint density at radius 3 is 2.50 bits per heavy atom. The number of esters is 1. The van der Waals surface area contributed by atoms with Crippen LogP contribution in [-0.4, -0.2) is 32.7 Å². The summed E-state index contributed by atoms with van der Waals surface area (Å²) in [5.41, 5.74) is 2.43. The van der Waals surface area contributed by atoms with Crippen molar-refractivity contribution in [2.75, 3.05) is 26.1 Å². The molecule has 0 radical (unpaired) electrons. The minimum absolute atomic E-state index is 0.265. The molecule has 0 atom stereocenters. The van der Waals surface area contributed by atoms with Crippen molar-refractivity contribution >= 4 is 23.6 Å². The van der Waals surface area contributed by atoms with Gasteiger partial charge in [0.2, 0.25) is 0 Å². The molecule has 6 nitrogen and oxygen atoms in total. The lowest BCUT2D eigenvalue weighted by molar-refractivity contribution is -0.142. The molecule has 0 heterocycles. The number of amides is 1. The zero-order chi connectivity index (χ0) is 20.5. The van der Waals surface area contributed by atoms with Gasteiger partial charge in [0.15, 0.2) is 6.61 Å². The average molecular weight is 383 g/mol. The minimum Gasteiger partial charge on any atom is -0.497 e. The van der Waals surface area contributed by atoms with Crippen LogP contribution in [0.2, 0.25) is 0 Å². The lowest BCUT2D eigenvalue weighted by atomic mass is 10.0. The maximum absolute atomic E-state index is 12.1. The van der Waals surface area contributed by atoms with Gasteiger partial charge in [-0.05, 0) is 35.8 Å². The van der Waals surface area contributed by atoms with Crippen LogP contribution in [0.15, 0.2) is 48.5 Å². The Balaban J connectivity index is 1.92. The number of para-hydroxylation sites is 1. The van der Waals surface area contributed by atoms with Crippen LogP contribution in [0.1, 0.15) is 30.9 Å². The van der Waals surface area contributed by atoms with Gasteiger partial charge in [0.1, 0.15) is 11.5 Å². The molecular formula is C22H25NO5. The zero-order valence-electron chi connectivity index (χ0n) is 16.5. The quantitative estimate of drug-likeness (QED) is 0.550. The Bertz CT molecular complexity index is 858. The van der Waals surface area contributed by atoms with Crippen LogP contribution in [0.5, 0.6) is 11.5 Å². The molecule has 0 spiro atoms. The SMILES string of the molecule is COc1ccc(/C=C/C(=O)OCC(=O)Nc2ccccc2C(C)C)c(OC)c1. The Hall–Kier alpha value is -3.28. The van der Waals surface area contributed by atoms with E-state index in [4.69, 9.17) is 14.2 Å². The van der Waals surface area contributed by atoms with Crippen LogP contribution in [-0.2, 0) is 14.3 Å². The molecule has 0 saturated carbocycles. The Morgan fingerprint density at radius 1 is 1.07 bits per heavy atom. The second-order valence-electron chi connectivity index (χ2n) is 6.34. The Morgan fingerprint density at radius 2 is 1.82 bits per heavy atom. The molecule has 0 saturated heterocycles. The van der Waals surface area contributed by atoms with E-state index >= 15 is 0 Å². The van der Waals surface area contributed by atoms with E-state index in [0.29, 0.717) is 17.1 Å². The van der Waals surface area contributed by atoms with Crippen molar-refractivity contribution in [3.8, 4) is 11.5 Å². The first-order valence-corrected chi connectivity index (χ1v) is 8.90. The van der Waals surface area contributed by atoms with Crippen molar-refractivity contribution < 1.29 is 23.8 Å². The van der Waals surface area contributed by atoms with Gasteiger partial charge in [-0.2, -0.15) is 0 Å². The van der Waals surface area contributed by atoms with Gasteiger partial charge >= 0.3 is 5.97 Å². The van der Waals surface area contributed by atoms with E-state index in [1.807, 2.05) is 38.1 Å². The van der Waals surface area contributed by atoms with Gasteiger partial charge in [-0.15, -0.1) is 0 Å². The fraction of sp³-hybridized carbons (Fsp3) is 0.273. The van der Waals surface area contributed by atoms with Gasteiger partial charge in [-0.3, -0.25) is 4.79 Å². The normalized spacial score (nSPS) is 10.8. The average Bonchev–Trinajstić information content (AvgIpc) is 2.70. The summed E-state index contributed by atoms with van der Waals surface area (Å²) < 4.78 is 15.4. The monoisotopic (exact) mass is 383 g/mol. The highest BCUT2D eigenvalue weighted by Gasteiger charge is 2.11. The smallest absolute Gasteiger partial charge is 0.331 e. The summed E-state index contributed by atoms with van der Waals surface area (Å²) in [7, 11) is 3.09. The van der Waals surface area contributed by atoms with Crippen LogP contribution in [0.3, 0.4) is 0 Å². The molecule has 0 aliphatic heterocycles. The lowest BCUT2D eigenvalue weighted by Crippen LogP contribution is -2.21. The van der Waals surface area contributed by atoms with Crippen molar-refractivity contribution in [3.63, 3.8) is 0 Å². The molecule has 28 heavy (non-hydrogen) atoms. The lowest BCUT2D eigenvalue weighted by Gasteiger charge is -2.13. The first-order valence-electron chi connectivity index (χ1n) is 8.90. The largest absolute Gasteiger partial charge is 0.497 e. The van der Waals surface area contributed by atoms with Gasteiger partial charge in [0.25, 0.3) is 5.91 Å². The van der Waals surface area contributed by atoms with E-state index in [0.717, 1.165) is 11.3 Å². The Kier molecular flexibility index (Phi) is 7.63. The summed E-state index contributed by atoms with van der Waals surface area (Å²) in [6.45, 7) is 3.72. The number of ether oxygens (including phenoxy) is 3. The zero-order valence-corrected chi connectivity index (χ0v) is 16.5. The number of hydrogen-bond acceptors (Lipinski definition) is 5. The highest BCUT2D eigenvalue weighted by molar-refractivity contribution is 5.95. The summed E-state index contributed by atoms with van der Waals surface area (Å²) in [5, 5.41) is 2.78. The van der Waals surface area contributed by atoms with Crippen LogP contribution < -0.4 is 14.8 Å². The third kappa shape index (κ3) is 5.87. The maximum atomic E-state index is 12.1. The number of rotatable bonds is 8. The minimum atomic E-state index is -0.620. The molecule has 0 fully saturated rings. The predicted octanol–water partition coefficient (Wildman–Crippen LogP) is 4.02. The summed E-state index contributed by atoms with van der Waals surface area (Å²) in [6, 6.07) is 12.8. The van der Waals surface area contributed by atoms with Gasteiger partial charge in [0, 0.05) is 23.4 Å². The first-order chi connectivity index (χ1) is 13.4. The van der Waals surface area contributed by atoms with Crippen molar-refractivity contribution in [1.29, 1.82) is 0 Å². The second kappa shape index (κ2) is 10.2. The van der Waals surface area contributed by atoms with Crippen molar-refractivity contribution in [2.45, 2.75) is 19.8 Å². The van der Waals surface area contributed by atoms with Crippen LogP contribution in [0, 0.1) is 0 Å². The topological polar surface area (TPSA) is 73.9 Å². The fourth-order valence-electron chi connectivity index (χ4n) is 2.60. The fourth-order valence-corrected chi connectivity index (χ4v) is 2.60. The number of anilines is 1. The first kappa shape index (κ1) is 21.0. The van der Waals surface area contributed by atoms with Gasteiger partial charge in [-0.25, -0.2) is 4.79 Å². The number of carbonyl (C=O) groups excluding carboxylic acids is 2. The summed E-state index contributed by atoms with van der Waals surface area (Å²) in [4.78, 5) is 24.0. The molecule has 0 bridgehead atoms. The van der Waals surface area contributed by atoms with Gasteiger partial charge in [-0.1, -0.05) is 32.0 Å². The van der Waals surface area contributed by atoms with Crippen LogP contribution >= 0.6 is 0 Å². The molecule has 6 heteroatoms. The molecule has 1 amide bonds. The van der Waals surface area contributed by atoms with E-state index in [-0.39, 0.29) is 12.5 Å². The second-order valence-corrected chi connectivity index (χ2v) is 6.34. The van der Waals surface area contributed by atoms with Crippen LogP contribution in [0.4, 0.5) is 5.69 Å². The Labute approximate surface area is 165 Å². The van der Waals surface area contributed by atoms with E-state index in [1.54, 1.807) is 31.4 Å². The van der Waals surface area contributed by atoms with Crippen LogP contribution in [0.25, 0.3) is 6.08 Å². The number of methoxy groups -OCH3 is 2. The highest BCUT2D eigenvalue weighted by atomic mass is 16.5. The summed E-state index contributed by atoms with van der Waals surface area (Å²) in [6.07, 6.45) is 2.81. The highest BCUT2D eigenvalue weighted by Crippen LogP contribution is 2.26. The van der Waals surface area contributed by atoms with Crippen molar-refractivity contribution in [2.24, 2.45) is 0 Å². The predicted molar refractivity (Wildman–Crippen MR) is 109 cm³/mol. The van der Waals surface area contributed by atoms with E-state index in [9.17, 15) is 9.59 Å². The summed E-state index contributed by atoms with van der Waals surface area (Å²) >= 11 is 0. The molecule has 2 aromatic rings. The standard InChI is InChI=1S/C22H25NO5/c1-15(2)18-7-5-6-8-19(18)23-21(24)14-28-22(25)12-10-16-9-11-17(26-3)13-20(16)27-4/h5-13,15H,14H2,1-4H3,(H,23,24)/b12-10+. The van der Waals surface area contributed by atoms with E-state index < -0.39 is 11.9 Å². The maximum Gasteiger partial charge on any atom is 0.331 e. The molecule has 2 rings (SSSR count). The third-order valence-corrected chi connectivity index (χ3v) is 4.04. The molecule has 148 valence electrons. The number of carbonyl (C=O) groups is 2. The molecule has 0 aromatic heterocycles. The molecule has 0 aliphatic rings. The molecule has 0 unspecified atom stereocenters. The molecule has 2 aromatic carbocycles. The van der Waals surface area contributed by atoms with Gasteiger partial charge in [0.05, 0.1) is 14.2 Å². The molecule has 0 aliphatic carbocycles. The number of hydrogen-bond donors (Lipinski definition) is 1. The van der Waals surface area contributed by atoms with Gasteiger partial charge < -0.3 is 19.5 Å².